The fraction of sp³-hybridized carbons (Fsp3) is 0.500. The van der Waals surface area contributed by atoms with Gasteiger partial charge in [-0.3, -0.25) is 4.79 Å². The molecule has 7 heteroatoms. The lowest BCUT2D eigenvalue weighted by Crippen LogP contribution is -2.42. The maximum atomic E-state index is 12.5. The first-order valence-electron chi connectivity index (χ1n) is 6.82. The normalized spacial score (nSPS) is 20.2. The number of sulfonamides is 1. The number of benzene rings is 1. The van der Waals surface area contributed by atoms with Crippen molar-refractivity contribution < 1.29 is 18.3 Å². The second kappa shape index (κ2) is 6.13. The van der Waals surface area contributed by atoms with E-state index in [2.05, 4.69) is 0 Å². The van der Waals surface area contributed by atoms with Gasteiger partial charge in [0.2, 0.25) is 10.0 Å². The Morgan fingerprint density at radius 2 is 1.90 bits per heavy atom. The van der Waals surface area contributed by atoms with E-state index in [-0.39, 0.29) is 17.3 Å². The molecule has 1 atom stereocenters. The van der Waals surface area contributed by atoms with Crippen LogP contribution >= 0.6 is 0 Å². The Hall–Kier alpha value is -1.44. The van der Waals surface area contributed by atoms with Gasteiger partial charge in [-0.15, -0.1) is 0 Å². The van der Waals surface area contributed by atoms with Crippen LogP contribution in [0, 0.1) is 0 Å². The standard InChI is InChI=1S/C14H20N2O4S/c1-15(2)14(18)11-5-7-13(8-6-11)21(19,20)16-9-3-4-12(17)10-16/h5-8,12,17H,3-4,9-10H2,1-2H3. The lowest BCUT2D eigenvalue weighted by Gasteiger charge is -2.29. The summed E-state index contributed by atoms with van der Waals surface area (Å²) in [5.74, 6) is -0.174. The maximum Gasteiger partial charge on any atom is 0.253 e. The number of hydrogen-bond donors (Lipinski definition) is 1. The molecule has 1 aliphatic heterocycles. The third-order valence-electron chi connectivity index (χ3n) is 3.50. The number of carbonyl (C=O) groups is 1. The number of amides is 1. The molecule has 0 bridgehead atoms. The van der Waals surface area contributed by atoms with Crippen LogP contribution in [-0.2, 0) is 10.0 Å². The van der Waals surface area contributed by atoms with E-state index < -0.39 is 16.1 Å². The minimum absolute atomic E-state index is 0.126. The van der Waals surface area contributed by atoms with Gasteiger partial charge in [0, 0.05) is 32.7 Å². The van der Waals surface area contributed by atoms with Crippen LogP contribution in [-0.4, -0.2) is 61.9 Å². The molecule has 1 aromatic rings. The molecule has 116 valence electrons. The molecule has 1 aromatic carbocycles. The molecular formula is C14H20N2O4S. The van der Waals surface area contributed by atoms with Crippen LogP contribution in [0.2, 0.25) is 0 Å². The number of piperidine rings is 1. The number of aliphatic hydroxyl groups is 1. The van der Waals surface area contributed by atoms with E-state index in [1.165, 1.54) is 33.5 Å². The summed E-state index contributed by atoms with van der Waals surface area (Å²) >= 11 is 0. The molecular weight excluding hydrogens is 292 g/mol. The third-order valence-corrected chi connectivity index (χ3v) is 5.38. The summed E-state index contributed by atoms with van der Waals surface area (Å²) in [6, 6.07) is 5.89. The number of carbonyl (C=O) groups excluding carboxylic acids is 1. The summed E-state index contributed by atoms with van der Waals surface area (Å²) in [5.41, 5.74) is 0.442. The van der Waals surface area contributed by atoms with E-state index in [4.69, 9.17) is 0 Å². The van der Waals surface area contributed by atoms with Gasteiger partial charge in [-0.05, 0) is 37.1 Å². The minimum Gasteiger partial charge on any atom is -0.392 e. The molecule has 1 saturated heterocycles. The van der Waals surface area contributed by atoms with Crippen molar-refractivity contribution in [1.29, 1.82) is 0 Å². The molecule has 1 heterocycles. The molecule has 0 radical (unpaired) electrons. The Labute approximate surface area is 125 Å². The maximum absolute atomic E-state index is 12.5. The zero-order chi connectivity index (χ0) is 15.6. The van der Waals surface area contributed by atoms with Gasteiger partial charge in [0.1, 0.15) is 0 Å². The van der Waals surface area contributed by atoms with Crippen LogP contribution in [0.4, 0.5) is 0 Å². The SMILES string of the molecule is CN(C)C(=O)c1ccc(S(=O)(=O)N2CCCC(O)C2)cc1. The average Bonchev–Trinajstić information content (AvgIpc) is 2.46. The Bertz CT molecular complexity index is 610. The molecule has 2 rings (SSSR count). The van der Waals surface area contributed by atoms with Crippen molar-refractivity contribution in [2.45, 2.75) is 23.8 Å². The van der Waals surface area contributed by atoms with Crippen molar-refractivity contribution in [3.8, 4) is 0 Å². The van der Waals surface area contributed by atoms with Gasteiger partial charge in [-0.1, -0.05) is 0 Å². The minimum atomic E-state index is -3.61. The topological polar surface area (TPSA) is 77.9 Å². The predicted molar refractivity (Wildman–Crippen MR) is 78.5 cm³/mol. The Kier molecular flexibility index (Phi) is 4.65. The molecule has 0 spiro atoms. The zero-order valence-corrected chi connectivity index (χ0v) is 13.0. The van der Waals surface area contributed by atoms with Crippen molar-refractivity contribution in [2.24, 2.45) is 0 Å². The first-order chi connectivity index (χ1) is 9.82. The van der Waals surface area contributed by atoms with Crippen LogP contribution in [0.25, 0.3) is 0 Å². The van der Waals surface area contributed by atoms with Gasteiger partial charge in [0.15, 0.2) is 0 Å². The molecule has 0 aromatic heterocycles. The fourth-order valence-corrected chi connectivity index (χ4v) is 3.83. The van der Waals surface area contributed by atoms with Crippen molar-refractivity contribution >= 4 is 15.9 Å². The molecule has 6 nitrogen and oxygen atoms in total. The summed E-state index contributed by atoms with van der Waals surface area (Å²) in [5, 5.41) is 9.61. The van der Waals surface area contributed by atoms with Gasteiger partial charge < -0.3 is 10.0 Å². The zero-order valence-electron chi connectivity index (χ0n) is 12.2. The molecule has 21 heavy (non-hydrogen) atoms. The van der Waals surface area contributed by atoms with Crippen LogP contribution < -0.4 is 0 Å². The Balaban J connectivity index is 2.23. The van der Waals surface area contributed by atoms with E-state index in [1.807, 2.05) is 0 Å². The summed E-state index contributed by atoms with van der Waals surface area (Å²) < 4.78 is 26.2. The molecule has 0 aliphatic carbocycles. The summed E-state index contributed by atoms with van der Waals surface area (Å²) in [4.78, 5) is 13.4. The van der Waals surface area contributed by atoms with Crippen LogP contribution in [0.1, 0.15) is 23.2 Å². The third kappa shape index (κ3) is 3.42. The number of β-amino-alcohol motifs (C(OH)–C–C–N with tert-alkyl or cyclic N) is 1. The van der Waals surface area contributed by atoms with Crippen molar-refractivity contribution in [2.75, 3.05) is 27.2 Å². The van der Waals surface area contributed by atoms with Gasteiger partial charge in [0.25, 0.3) is 5.91 Å². The first-order valence-corrected chi connectivity index (χ1v) is 8.26. The van der Waals surface area contributed by atoms with Gasteiger partial charge in [-0.2, -0.15) is 4.31 Å². The smallest absolute Gasteiger partial charge is 0.253 e. The molecule has 0 saturated carbocycles. The van der Waals surface area contributed by atoms with E-state index in [9.17, 15) is 18.3 Å². The summed E-state index contributed by atoms with van der Waals surface area (Å²) in [7, 11) is -0.327. The first kappa shape index (κ1) is 15.9. The van der Waals surface area contributed by atoms with E-state index in [0.717, 1.165) is 0 Å². The molecule has 1 N–H and O–H groups in total. The van der Waals surface area contributed by atoms with Crippen molar-refractivity contribution in [3.63, 3.8) is 0 Å². The average molecular weight is 312 g/mol. The number of rotatable bonds is 3. The lowest BCUT2D eigenvalue weighted by atomic mass is 10.1. The molecule has 1 aliphatic rings. The highest BCUT2D eigenvalue weighted by Gasteiger charge is 2.29. The second-order valence-electron chi connectivity index (χ2n) is 5.38. The predicted octanol–water partition coefficient (Wildman–Crippen LogP) is 0.534. The van der Waals surface area contributed by atoms with E-state index in [0.29, 0.717) is 24.9 Å². The largest absolute Gasteiger partial charge is 0.392 e. The van der Waals surface area contributed by atoms with Crippen molar-refractivity contribution in [3.05, 3.63) is 29.8 Å². The highest BCUT2D eigenvalue weighted by atomic mass is 32.2. The number of nitrogens with zero attached hydrogens (tertiary/aromatic N) is 2. The highest BCUT2D eigenvalue weighted by molar-refractivity contribution is 7.89. The molecule has 1 fully saturated rings. The van der Waals surface area contributed by atoms with Crippen LogP contribution in [0.15, 0.2) is 29.2 Å². The summed E-state index contributed by atoms with van der Waals surface area (Å²) in [6.45, 7) is 0.540. The quantitative estimate of drug-likeness (QED) is 0.883. The van der Waals surface area contributed by atoms with Gasteiger partial charge in [-0.25, -0.2) is 8.42 Å². The number of aliphatic hydroxyl groups excluding tert-OH is 1. The van der Waals surface area contributed by atoms with Gasteiger partial charge in [0.05, 0.1) is 11.0 Å². The monoisotopic (exact) mass is 312 g/mol. The number of hydrogen-bond acceptors (Lipinski definition) is 4. The summed E-state index contributed by atoms with van der Waals surface area (Å²) in [6.07, 6.45) is 0.669. The Morgan fingerprint density at radius 1 is 1.29 bits per heavy atom. The van der Waals surface area contributed by atoms with Crippen molar-refractivity contribution in [1.82, 2.24) is 9.21 Å². The molecule has 1 amide bonds. The van der Waals surface area contributed by atoms with E-state index in [1.54, 1.807) is 14.1 Å². The lowest BCUT2D eigenvalue weighted by molar-refractivity contribution is 0.0827. The molecule has 1 unspecified atom stereocenters. The second-order valence-corrected chi connectivity index (χ2v) is 7.32. The highest BCUT2D eigenvalue weighted by Crippen LogP contribution is 2.21. The van der Waals surface area contributed by atoms with E-state index >= 15 is 0 Å². The van der Waals surface area contributed by atoms with Crippen LogP contribution in [0.5, 0.6) is 0 Å². The Morgan fingerprint density at radius 3 is 2.43 bits per heavy atom. The van der Waals surface area contributed by atoms with Gasteiger partial charge >= 0.3 is 0 Å². The van der Waals surface area contributed by atoms with Crippen LogP contribution in [0.3, 0.4) is 0 Å². The fourth-order valence-electron chi connectivity index (χ4n) is 2.32.